The largest absolute Gasteiger partial charge is 0.310 e. The fourth-order valence-electron chi connectivity index (χ4n) is 11.9. The number of hydrogen-bond acceptors (Lipinski definition) is 1. The Labute approximate surface area is 413 Å². The van der Waals surface area contributed by atoms with Gasteiger partial charge in [0.15, 0.2) is 0 Å². The van der Waals surface area contributed by atoms with Gasteiger partial charge in [0.05, 0.1) is 16.4 Å². The van der Waals surface area contributed by atoms with Crippen molar-refractivity contribution in [2.75, 3.05) is 4.90 Å². The zero-order valence-electron chi connectivity index (χ0n) is 39.0. The molecular weight excluding hydrogens is 857 g/mol. The quantitative estimate of drug-likeness (QED) is 0.138. The number of benzene rings is 12. The van der Waals surface area contributed by atoms with E-state index >= 15 is 0 Å². The Kier molecular flexibility index (Phi) is 9.47. The average molecular weight is 903 g/mol. The van der Waals surface area contributed by atoms with Crippen LogP contribution in [0.3, 0.4) is 0 Å². The molecule has 0 saturated carbocycles. The Balaban J connectivity index is 0.961. The van der Waals surface area contributed by atoms with Crippen LogP contribution in [0.2, 0.25) is 0 Å². The standard InChI is InChI=1S/C69H46N2/c1-4-21-51(22-5-1)69(52-23-6-2-7-24-52)65-33-16-14-31-60(65)61-41-40-56(46-66(61)69)70(55-27-18-20-49(43-55)63-45-50-19-10-11-28-57(50)58-29-12-13-30-59(58)63)54-38-35-47(36-39-54)48-37-42-68-64(44-48)62-32-15-17-34-67(62)71(68)53-25-8-3-9-26-53/h1-46H. The highest BCUT2D eigenvalue weighted by Crippen LogP contribution is 2.57. The van der Waals surface area contributed by atoms with Crippen LogP contribution in [0.5, 0.6) is 0 Å². The van der Waals surface area contributed by atoms with Gasteiger partial charge >= 0.3 is 0 Å². The highest BCUT2D eigenvalue weighted by molar-refractivity contribution is 6.14. The maximum atomic E-state index is 2.47. The third-order valence-electron chi connectivity index (χ3n) is 15.0. The van der Waals surface area contributed by atoms with Gasteiger partial charge in [-0.15, -0.1) is 0 Å². The van der Waals surface area contributed by atoms with Crippen LogP contribution in [0, 0.1) is 0 Å². The number of fused-ring (bicyclic) bond motifs is 9. The molecule has 12 aromatic carbocycles. The monoisotopic (exact) mass is 902 g/mol. The lowest BCUT2D eigenvalue weighted by atomic mass is 9.67. The molecule has 13 aromatic rings. The summed E-state index contributed by atoms with van der Waals surface area (Å²) >= 11 is 0. The van der Waals surface area contributed by atoms with Gasteiger partial charge in [-0.05, 0) is 150 Å². The van der Waals surface area contributed by atoms with Crippen molar-refractivity contribution in [3.63, 3.8) is 0 Å². The van der Waals surface area contributed by atoms with Crippen molar-refractivity contribution in [2.45, 2.75) is 5.41 Å². The first kappa shape index (κ1) is 40.8. The van der Waals surface area contributed by atoms with E-state index in [-0.39, 0.29) is 0 Å². The minimum absolute atomic E-state index is 0.534. The Morgan fingerprint density at radius 1 is 0.282 bits per heavy atom. The molecule has 0 radical (unpaired) electrons. The first-order chi connectivity index (χ1) is 35.2. The summed E-state index contributed by atoms with van der Waals surface area (Å²) < 4.78 is 2.38. The van der Waals surface area contributed by atoms with Gasteiger partial charge in [-0.3, -0.25) is 0 Å². The van der Waals surface area contributed by atoms with E-state index in [1.54, 1.807) is 0 Å². The topological polar surface area (TPSA) is 8.17 Å². The van der Waals surface area contributed by atoms with E-state index in [9.17, 15) is 0 Å². The van der Waals surface area contributed by atoms with Gasteiger partial charge in [-0.2, -0.15) is 0 Å². The smallest absolute Gasteiger partial charge is 0.0714 e. The van der Waals surface area contributed by atoms with Crippen molar-refractivity contribution >= 4 is 60.4 Å². The molecule has 14 rings (SSSR count). The van der Waals surface area contributed by atoms with E-state index in [0.29, 0.717) is 0 Å². The molecule has 0 N–H and O–H groups in total. The van der Waals surface area contributed by atoms with Crippen LogP contribution in [-0.4, -0.2) is 4.57 Å². The van der Waals surface area contributed by atoms with E-state index in [1.165, 1.54) is 99.0 Å². The second-order valence-electron chi connectivity index (χ2n) is 18.8. The van der Waals surface area contributed by atoms with Crippen LogP contribution in [0.15, 0.2) is 279 Å². The maximum Gasteiger partial charge on any atom is 0.0714 e. The molecular formula is C69H46N2. The molecule has 0 unspecified atom stereocenters. The van der Waals surface area contributed by atoms with Crippen molar-refractivity contribution in [3.05, 3.63) is 301 Å². The molecule has 1 aromatic heterocycles. The Bertz CT molecular complexity index is 4110. The molecule has 2 nitrogen and oxygen atoms in total. The second kappa shape index (κ2) is 16.5. The Morgan fingerprint density at radius 2 is 0.859 bits per heavy atom. The summed E-state index contributed by atoms with van der Waals surface area (Å²) in [5, 5.41) is 7.50. The number of aromatic nitrogens is 1. The zero-order chi connectivity index (χ0) is 46.9. The van der Waals surface area contributed by atoms with Crippen LogP contribution in [-0.2, 0) is 5.41 Å². The van der Waals surface area contributed by atoms with E-state index in [4.69, 9.17) is 0 Å². The van der Waals surface area contributed by atoms with Gasteiger partial charge < -0.3 is 9.47 Å². The SMILES string of the molecule is c1ccc(-n2c3ccccc3c3cc(-c4ccc(N(c5cccc(-c6cc7ccccc7c7ccccc67)c5)c5ccc6c(c5)C(c5ccccc5)(c5ccccc5)c5ccccc5-6)cc4)ccc32)cc1. The minimum Gasteiger partial charge on any atom is -0.310 e. The molecule has 0 atom stereocenters. The fourth-order valence-corrected chi connectivity index (χ4v) is 11.9. The summed E-state index contributed by atoms with van der Waals surface area (Å²) in [4.78, 5) is 2.46. The zero-order valence-corrected chi connectivity index (χ0v) is 39.0. The van der Waals surface area contributed by atoms with Crippen LogP contribution < -0.4 is 4.90 Å². The van der Waals surface area contributed by atoms with Crippen molar-refractivity contribution in [3.8, 4) is 39.1 Å². The number of para-hydroxylation sites is 2. The molecule has 71 heavy (non-hydrogen) atoms. The lowest BCUT2D eigenvalue weighted by Crippen LogP contribution is -2.28. The number of nitrogens with zero attached hydrogens (tertiary/aromatic N) is 2. The molecule has 0 spiro atoms. The van der Waals surface area contributed by atoms with E-state index in [1.807, 2.05) is 0 Å². The van der Waals surface area contributed by atoms with Gasteiger partial charge in [0.2, 0.25) is 0 Å². The summed E-state index contributed by atoms with van der Waals surface area (Å²) in [5.41, 5.74) is 18.6. The van der Waals surface area contributed by atoms with Gasteiger partial charge in [-0.1, -0.05) is 206 Å². The van der Waals surface area contributed by atoms with Crippen molar-refractivity contribution in [2.24, 2.45) is 0 Å². The van der Waals surface area contributed by atoms with Gasteiger partial charge in [0.25, 0.3) is 0 Å². The van der Waals surface area contributed by atoms with Gasteiger partial charge in [0.1, 0.15) is 0 Å². The van der Waals surface area contributed by atoms with Gasteiger partial charge in [-0.25, -0.2) is 0 Å². The van der Waals surface area contributed by atoms with E-state index in [2.05, 4.69) is 289 Å². The molecule has 1 heterocycles. The average Bonchev–Trinajstić information content (AvgIpc) is 3.94. The highest BCUT2D eigenvalue weighted by atomic mass is 15.1. The highest BCUT2D eigenvalue weighted by Gasteiger charge is 2.46. The molecule has 0 fully saturated rings. The van der Waals surface area contributed by atoms with Crippen molar-refractivity contribution in [1.29, 1.82) is 0 Å². The molecule has 0 aliphatic heterocycles. The summed E-state index contributed by atoms with van der Waals surface area (Å²) in [5.74, 6) is 0. The Hall–Kier alpha value is -9.24. The molecule has 0 amide bonds. The summed E-state index contributed by atoms with van der Waals surface area (Å²) in [6.45, 7) is 0. The lowest BCUT2D eigenvalue weighted by Gasteiger charge is -2.35. The second-order valence-corrected chi connectivity index (χ2v) is 18.8. The minimum atomic E-state index is -0.534. The number of rotatable bonds is 8. The van der Waals surface area contributed by atoms with E-state index in [0.717, 1.165) is 22.7 Å². The van der Waals surface area contributed by atoms with Crippen LogP contribution in [0.4, 0.5) is 17.1 Å². The normalized spacial score (nSPS) is 12.6. The van der Waals surface area contributed by atoms with Crippen LogP contribution in [0.25, 0.3) is 82.4 Å². The van der Waals surface area contributed by atoms with E-state index < -0.39 is 5.41 Å². The number of anilines is 3. The fraction of sp³-hybridized carbons (Fsp3) is 0.0145. The summed E-state index contributed by atoms with van der Waals surface area (Å²) in [7, 11) is 0. The van der Waals surface area contributed by atoms with Gasteiger partial charge in [0, 0.05) is 33.5 Å². The Morgan fingerprint density at radius 3 is 1.63 bits per heavy atom. The van der Waals surface area contributed by atoms with Crippen molar-refractivity contribution < 1.29 is 0 Å². The molecule has 332 valence electrons. The maximum absolute atomic E-state index is 2.47. The molecule has 0 bridgehead atoms. The molecule has 0 saturated heterocycles. The van der Waals surface area contributed by atoms with Crippen LogP contribution in [0.1, 0.15) is 22.3 Å². The summed E-state index contributed by atoms with van der Waals surface area (Å²) in [6, 6.07) is 103. The lowest BCUT2D eigenvalue weighted by molar-refractivity contribution is 0.768. The third-order valence-corrected chi connectivity index (χ3v) is 15.0. The first-order valence-corrected chi connectivity index (χ1v) is 24.6. The van der Waals surface area contributed by atoms with Crippen molar-refractivity contribution in [1.82, 2.24) is 4.57 Å². The predicted octanol–water partition coefficient (Wildman–Crippen LogP) is 18.3. The number of hydrogen-bond donors (Lipinski definition) is 0. The third kappa shape index (κ3) is 6.42. The first-order valence-electron chi connectivity index (χ1n) is 24.6. The molecule has 1 aliphatic rings. The summed E-state index contributed by atoms with van der Waals surface area (Å²) in [6.07, 6.45) is 0. The van der Waals surface area contributed by atoms with Crippen LogP contribution >= 0.6 is 0 Å². The molecule has 2 heteroatoms. The predicted molar refractivity (Wildman–Crippen MR) is 299 cm³/mol. The molecule has 1 aliphatic carbocycles.